The molecular formula is C32H42F4O. The third-order valence-corrected chi connectivity index (χ3v) is 8.90. The van der Waals surface area contributed by atoms with Gasteiger partial charge in [0.2, 0.25) is 6.17 Å². The van der Waals surface area contributed by atoms with Crippen molar-refractivity contribution in [2.24, 2.45) is 11.8 Å². The largest absolute Gasteiger partial charge is 0.391 e. The van der Waals surface area contributed by atoms with E-state index in [1.807, 2.05) is 0 Å². The molecule has 37 heavy (non-hydrogen) atoms. The fraction of sp³-hybridized carbons (Fsp3) is 0.625. The molecule has 4 rings (SSSR count). The molecule has 1 nitrogen and oxygen atoms in total. The molecule has 0 bridgehead atoms. The predicted molar refractivity (Wildman–Crippen MR) is 141 cm³/mol. The second kappa shape index (κ2) is 12.8. The van der Waals surface area contributed by atoms with Gasteiger partial charge in [0.05, 0.1) is 6.61 Å². The van der Waals surface area contributed by atoms with E-state index in [0.29, 0.717) is 17.4 Å². The van der Waals surface area contributed by atoms with Gasteiger partial charge in [0.1, 0.15) is 5.82 Å². The fourth-order valence-electron chi connectivity index (χ4n) is 6.45. The summed E-state index contributed by atoms with van der Waals surface area (Å²) in [5.41, 5.74) is 1.92. The van der Waals surface area contributed by atoms with Gasteiger partial charge < -0.3 is 4.74 Å². The van der Waals surface area contributed by atoms with Gasteiger partial charge in [-0.3, -0.25) is 0 Å². The summed E-state index contributed by atoms with van der Waals surface area (Å²) in [7, 11) is 0. The van der Waals surface area contributed by atoms with Gasteiger partial charge in [0.25, 0.3) is 0 Å². The molecule has 0 N–H and O–H groups in total. The number of alkyl halides is 3. The zero-order valence-corrected chi connectivity index (χ0v) is 22.3. The van der Waals surface area contributed by atoms with E-state index in [1.54, 1.807) is 24.3 Å². The maximum Gasteiger partial charge on any atom is 0.391 e. The van der Waals surface area contributed by atoms with Crippen molar-refractivity contribution in [3.63, 3.8) is 0 Å². The number of hydrogen-bond donors (Lipinski definition) is 0. The first-order valence-electron chi connectivity index (χ1n) is 14.3. The molecule has 204 valence electrons. The average Bonchev–Trinajstić information content (AvgIpc) is 2.92. The highest BCUT2D eigenvalue weighted by Crippen LogP contribution is 2.41. The van der Waals surface area contributed by atoms with Crippen molar-refractivity contribution in [2.75, 3.05) is 0 Å². The van der Waals surface area contributed by atoms with Crippen molar-refractivity contribution < 1.29 is 22.3 Å². The Kier molecular flexibility index (Phi) is 9.72. The minimum atomic E-state index is -4.01. The van der Waals surface area contributed by atoms with E-state index >= 15 is 0 Å². The zero-order chi connectivity index (χ0) is 26.4. The summed E-state index contributed by atoms with van der Waals surface area (Å²) in [6.07, 6.45) is 5.70. The average molecular weight is 519 g/mol. The molecule has 2 aliphatic rings. The summed E-state index contributed by atoms with van der Waals surface area (Å²) in [5, 5.41) is 0. The Morgan fingerprint density at radius 3 is 2.05 bits per heavy atom. The molecule has 0 spiro atoms. The topological polar surface area (TPSA) is 9.23 Å². The van der Waals surface area contributed by atoms with Crippen LogP contribution in [-0.2, 0) is 11.3 Å². The molecule has 2 aliphatic carbocycles. The van der Waals surface area contributed by atoms with Gasteiger partial charge in [-0.25, -0.2) is 8.78 Å². The van der Waals surface area contributed by atoms with Crippen molar-refractivity contribution in [1.82, 2.24) is 0 Å². The van der Waals surface area contributed by atoms with E-state index in [2.05, 4.69) is 13.8 Å². The molecule has 2 aromatic rings. The Balaban J connectivity index is 1.31. The first-order chi connectivity index (χ1) is 17.8. The van der Waals surface area contributed by atoms with Gasteiger partial charge in [-0.05, 0) is 103 Å². The molecule has 0 heterocycles. The Bertz CT molecular complexity index is 973. The van der Waals surface area contributed by atoms with Gasteiger partial charge in [-0.1, -0.05) is 69.5 Å². The monoisotopic (exact) mass is 518 g/mol. The second-order valence-electron chi connectivity index (χ2n) is 11.4. The van der Waals surface area contributed by atoms with Crippen LogP contribution >= 0.6 is 0 Å². The van der Waals surface area contributed by atoms with Gasteiger partial charge >= 0.3 is 6.11 Å². The third-order valence-electron chi connectivity index (χ3n) is 8.90. The molecule has 0 saturated heterocycles. The highest BCUT2D eigenvalue weighted by molar-refractivity contribution is 5.29. The Hall–Kier alpha value is -1.88. The fourth-order valence-corrected chi connectivity index (χ4v) is 6.45. The highest BCUT2D eigenvalue weighted by atomic mass is 19.3. The summed E-state index contributed by atoms with van der Waals surface area (Å²) in [6, 6.07) is 11.0. The molecule has 0 aliphatic heterocycles. The normalized spacial score (nSPS) is 25.7. The molecule has 0 aromatic heterocycles. The summed E-state index contributed by atoms with van der Waals surface area (Å²) in [4.78, 5) is 0. The van der Waals surface area contributed by atoms with E-state index in [1.165, 1.54) is 43.9 Å². The smallest absolute Gasteiger partial charge is 0.313 e. The van der Waals surface area contributed by atoms with E-state index in [9.17, 15) is 17.6 Å². The molecule has 2 saturated carbocycles. The molecule has 0 radical (unpaired) electrons. The van der Waals surface area contributed by atoms with E-state index < -0.39 is 18.9 Å². The molecule has 5 heteroatoms. The number of hydrogen-bond acceptors (Lipinski definition) is 1. The minimum absolute atomic E-state index is 0.0994. The lowest BCUT2D eigenvalue weighted by atomic mass is 9.77. The van der Waals surface area contributed by atoms with Gasteiger partial charge in [-0.2, -0.15) is 8.78 Å². The lowest BCUT2D eigenvalue weighted by molar-refractivity contribution is -0.282. The quantitative estimate of drug-likeness (QED) is 0.284. The van der Waals surface area contributed by atoms with Gasteiger partial charge in [-0.15, -0.1) is 0 Å². The second-order valence-corrected chi connectivity index (χ2v) is 11.4. The van der Waals surface area contributed by atoms with Crippen LogP contribution in [0.5, 0.6) is 0 Å². The molecule has 2 fully saturated rings. The number of halogens is 4. The first kappa shape index (κ1) is 28.1. The van der Waals surface area contributed by atoms with E-state index in [4.69, 9.17) is 4.74 Å². The van der Waals surface area contributed by atoms with Crippen LogP contribution in [0.25, 0.3) is 0 Å². The number of rotatable bonds is 10. The lowest BCUT2D eigenvalue weighted by Gasteiger charge is -2.29. The van der Waals surface area contributed by atoms with Crippen LogP contribution in [0.1, 0.15) is 125 Å². The van der Waals surface area contributed by atoms with Crippen LogP contribution in [0.2, 0.25) is 0 Å². The molecular weight excluding hydrogens is 476 g/mol. The maximum absolute atomic E-state index is 14.8. The molecule has 1 unspecified atom stereocenters. The first-order valence-corrected chi connectivity index (χ1v) is 14.3. The predicted octanol–water partition coefficient (Wildman–Crippen LogP) is 10.4. The molecule has 1 atom stereocenters. The van der Waals surface area contributed by atoms with Crippen molar-refractivity contribution >= 4 is 0 Å². The summed E-state index contributed by atoms with van der Waals surface area (Å²) in [5.74, 6) is 1.70. The van der Waals surface area contributed by atoms with Crippen LogP contribution in [0.4, 0.5) is 17.6 Å². The van der Waals surface area contributed by atoms with Crippen LogP contribution in [0.15, 0.2) is 42.5 Å². The van der Waals surface area contributed by atoms with Gasteiger partial charge in [0.15, 0.2) is 0 Å². The van der Waals surface area contributed by atoms with Crippen molar-refractivity contribution in [3.8, 4) is 0 Å². The SMILES string of the molecule is CCCC1CCC(c2ccc(C(F)C(F)(F)OCc3ccc(C4CCC(CC)CC4)c(F)c3)cc2)CC1. The Morgan fingerprint density at radius 2 is 1.46 bits per heavy atom. The summed E-state index contributed by atoms with van der Waals surface area (Å²) in [6.45, 7) is 3.85. The Morgan fingerprint density at radius 1 is 0.838 bits per heavy atom. The summed E-state index contributed by atoms with van der Waals surface area (Å²) < 4.78 is 63.5. The minimum Gasteiger partial charge on any atom is -0.313 e. The third kappa shape index (κ3) is 7.16. The van der Waals surface area contributed by atoms with E-state index in [-0.39, 0.29) is 22.9 Å². The van der Waals surface area contributed by atoms with Gasteiger partial charge in [0, 0.05) is 0 Å². The van der Waals surface area contributed by atoms with Crippen LogP contribution in [-0.4, -0.2) is 6.11 Å². The van der Waals surface area contributed by atoms with Crippen LogP contribution in [0, 0.1) is 17.7 Å². The standard InChI is InChI=1S/C32H42F4O/c1-3-5-23-8-11-25(12-9-23)26-15-17-28(18-16-26)31(34)32(35,36)37-21-24-10-19-29(30(33)20-24)27-13-6-22(4-2)7-14-27/h10,15-20,22-23,25,27,31H,3-9,11-14,21H2,1-2H3. The van der Waals surface area contributed by atoms with Crippen molar-refractivity contribution in [2.45, 2.75) is 115 Å². The zero-order valence-electron chi connectivity index (χ0n) is 22.3. The maximum atomic E-state index is 14.8. The highest BCUT2D eigenvalue weighted by Gasteiger charge is 2.43. The molecule has 2 aromatic carbocycles. The lowest BCUT2D eigenvalue weighted by Crippen LogP contribution is -2.27. The van der Waals surface area contributed by atoms with Crippen molar-refractivity contribution in [3.05, 3.63) is 70.5 Å². The van der Waals surface area contributed by atoms with Crippen LogP contribution < -0.4 is 0 Å². The Labute approximate surface area is 220 Å². The number of benzene rings is 2. The molecule has 0 amide bonds. The van der Waals surface area contributed by atoms with Crippen molar-refractivity contribution in [1.29, 1.82) is 0 Å². The van der Waals surface area contributed by atoms with Crippen LogP contribution in [0.3, 0.4) is 0 Å². The van der Waals surface area contributed by atoms with E-state index in [0.717, 1.165) is 56.4 Å². The number of ether oxygens (including phenoxy) is 1. The summed E-state index contributed by atoms with van der Waals surface area (Å²) >= 11 is 0.